The Hall–Kier alpha value is -2.60. The zero-order valence-electron chi connectivity index (χ0n) is 15.7. The van der Waals surface area contributed by atoms with Crippen LogP contribution in [0.5, 0.6) is 0 Å². The zero-order chi connectivity index (χ0) is 18.8. The van der Waals surface area contributed by atoms with E-state index in [4.69, 9.17) is 4.98 Å². The van der Waals surface area contributed by atoms with Gasteiger partial charge in [-0.25, -0.2) is 9.07 Å². The van der Waals surface area contributed by atoms with Crippen molar-refractivity contribution in [3.63, 3.8) is 0 Å². The number of fused-ring (bicyclic) bond motifs is 1. The third-order valence-electron chi connectivity index (χ3n) is 5.24. The van der Waals surface area contributed by atoms with Gasteiger partial charge < -0.3 is 5.32 Å². The summed E-state index contributed by atoms with van der Waals surface area (Å²) in [5.41, 5.74) is 6.35. The number of rotatable bonds is 5. The fraction of sp³-hybridized carbons (Fsp3) is 0.381. The van der Waals surface area contributed by atoms with E-state index in [1.807, 2.05) is 6.92 Å². The number of hydrogen-bond donors (Lipinski definition) is 1. The Kier molecular flexibility index (Phi) is 4.99. The smallest absolute Gasteiger partial charge is 0.123 e. The number of halogens is 1. The minimum atomic E-state index is -0.260. The van der Waals surface area contributed by atoms with Crippen molar-refractivity contribution in [3.05, 3.63) is 70.6 Å². The predicted octanol–water partition coefficient (Wildman–Crippen LogP) is 3.84. The molecule has 6 heteroatoms. The molecule has 0 spiro atoms. The SMILES string of the molecule is Cc1c(C(C)NCc2ccc3c(n2)CCCC3)nnn1-c1ccc(F)cc1. The molecule has 3 aromatic rings. The van der Waals surface area contributed by atoms with E-state index in [9.17, 15) is 4.39 Å². The largest absolute Gasteiger partial charge is 0.303 e. The number of benzene rings is 1. The van der Waals surface area contributed by atoms with Crippen LogP contribution in [0.2, 0.25) is 0 Å². The van der Waals surface area contributed by atoms with Crippen molar-refractivity contribution in [3.8, 4) is 5.69 Å². The van der Waals surface area contributed by atoms with Crippen LogP contribution in [0.4, 0.5) is 4.39 Å². The molecule has 1 N–H and O–H groups in total. The molecule has 140 valence electrons. The van der Waals surface area contributed by atoms with Gasteiger partial charge in [-0.05, 0) is 75.4 Å². The lowest BCUT2D eigenvalue weighted by molar-refractivity contribution is 0.548. The lowest BCUT2D eigenvalue weighted by Crippen LogP contribution is -2.20. The molecule has 0 bridgehead atoms. The predicted molar refractivity (Wildman–Crippen MR) is 102 cm³/mol. The molecule has 0 aliphatic heterocycles. The fourth-order valence-electron chi connectivity index (χ4n) is 3.65. The second-order valence-electron chi connectivity index (χ2n) is 7.17. The number of aromatic nitrogens is 4. The Balaban J connectivity index is 1.46. The third kappa shape index (κ3) is 3.76. The maximum Gasteiger partial charge on any atom is 0.123 e. The molecule has 27 heavy (non-hydrogen) atoms. The lowest BCUT2D eigenvalue weighted by Gasteiger charge is -2.17. The molecule has 1 aliphatic carbocycles. The molecule has 2 aromatic heterocycles. The summed E-state index contributed by atoms with van der Waals surface area (Å²) < 4.78 is 14.9. The van der Waals surface area contributed by atoms with E-state index in [1.54, 1.807) is 16.8 Å². The highest BCUT2D eigenvalue weighted by molar-refractivity contribution is 5.33. The Morgan fingerprint density at radius 3 is 2.70 bits per heavy atom. The summed E-state index contributed by atoms with van der Waals surface area (Å²) in [5, 5.41) is 12.1. The first-order valence-corrected chi connectivity index (χ1v) is 9.51. The summed E-state index contributed by atoms with van der Waals surface area (Å²) in [5.74, 6) is -0.260. The van der Waals surface area contributed by atoms with Crippen molar-refractivity contribution in [2.75, 3.05) is 0 Å². The Labute approximate surface area is 158 Å². The molecule has 1 atom stereocenters. The normalized spacial score (nSPS) is 14.8. The summed E-state index contributed by atoms with van der Waals surface area (Å²) in [6.45, 7) is 4.75. The zero-order valence-corrected chi connectivity index (χ0v) is 15.7. The van der Waals surface area contributed by atoms with Crippen molar-refractivity contribution in [2.24, 2.45) is 0 Å². The molecular weight excluding hydrogens is 341 g/mol. The highest BCUT2D eigenvalue weighted by Crippen LogP contribution is 2.21. The first kappa shape index (κ1) is 17.8. The van der Waals surface area contributed by atoms with Crippen molar-refractivity contribution in [1.82, 2.24) is 25.3 Å². The monoisotopic (exact) mass is 365 g/mol. The highest BCUT2D eigenvalue weighted by atomic mass is 19.1. The van der Waals surface area contributed by atoms with Crippen LogP contribution in [0.15, 0.2) is 36.4 Å². The quantitative estimate of drug-likeness (QED) is 0.746. The van der Waals surface area contributed by atoms with Crippen molar-refractivity contribution >= 4 is 0 Å². The molecule has 4 rings (SSSR count). The van der Waals surface area contributed by atoms with Gasteiger partial charge in [0.1, 0.15) is 11.5 Å². The summed E-state index contributed by atoms with van der Waals surface area (Å²) in [4.78, 5) is 4.82. The molecule has 2 heterocycles. The molecule has 5 nitrogen and oxygen atoms in total. The average molecular weight is 365 g/mol. The van der Waals surface area contributed by atoms with Gasteiger partial charge in [-0.1, -0.05) is 11.3 Å². The number of nitrogens with zero attached hydrogens (tertiary/aromatic N) is 4. The van der Waals surface area contributed by atoms with Crippen LogP contribution in [0.3, 0.4) is 0 Å². The Morgan fingerprint density at radius 2 is 1.89 bits per heavy atom. The van der Waals surface area contributed by atoms with Gasteiger partial charge in [-0.3, -0.25) is 4.98 Å². The summed E-state index contributed by atoms with van der Waals surface area (Å²) >= 11 is 0. The average Bonchev–Trinajstić information content (AvgIpc) is 3.08. The molecule has 0 saturated carbocycles. The van der Waals surface area contributed by atoms with E-state index in [-0.39, 0.29) is 11.9 Å². The second kappa shape index (κ2) is 7.56. The molecule has 1 unspecified atom stereocenters. The molecular formula is C21H24FN5. The van der Waals surface area contributed by atoms with Crippen LogP contribution < -0.4 is 5.32 Å². The molecule has 0 saturated heterocycles. The topological polar surface area (TPSA) is 55.6 Å². The van der Waals surface area contributed by atoms with E-state index in [0.717, 1.165) is 35.6 Å². The molecule has 1 aliphatic rings. The maximum atomic E-state index is 13.1. The Bertz CT molecular complexity index is 932. The lowest BCUT2D eigenvalue weighted by atomic mass is 9.96. The van der Waals surface area contributed by atoms with Crippen LogP contribution in [0, 0.1) is 12.7 Å². The van der Waals surface area contributed by atoms with Gasteiger partial charge in [-0.15, -0.1) is 5.10 Å². The fourth-order valence-corrected chi connectivity index (χ4v) is 3.65. The van der Waals surface area contributed by atoms with Gasteiger partial charge in [0, 0.05) is 12.2 Å². The van der Waals surface area contributed by atoms with Crippen LogP contribution in [0.25, 0.3) is 5.69 Å². The van der Waals surface area contributed by atoms with Crippen molar-refractivity contribution < 1.29 is 4.39 Å². The first-order valence-electron chi connectivity index (χ1n) is 9.51. The van der Waals surface area contributed by atoms with Crippen LogP contribution in [-0.4, -0.2) is 20.0 Å². The van der Waals surface area contributed by atoms with Crippen molar-refractivity contribution in [2.45, 2.75) is 52.1 Å². The summed E-state index contributed by atoms with van der Waals surface area (Å²) in [7, 11) is 0. The van der Waals surface area contributed by atoms with Gasteiger partial charge >= 0.3 is 0 Å². The van der Waals surface area contributed by atoms with Gasteiger partial charge in [-0.2, -0.15) is 0 Å². The molecule has 0 amide bonds. The van der Waals surface area contributed by atoms with E-state index in [2.05, 4.69) is 34.7 Å². The number of aryl methyl sites for hydroxylation is 2. The minimum Gasteiger partial charge on any atom is -0.303 e. The summed E-state index contributed by atoms with van der Waals surface area (Å²) in [6, 6.07) is 10.6. The van der Waals surface area contributed by atoms with Gasteiger partial charge in [0.05, 0.1) is 23.1 Å². The first-order chi connectivity index (χ1) is 13.1. The Morgan fingerprint density at radius 1 is 1.11 bits per heavy atom. The molecule has 0 radical (unpaired) electrons. The molecule has 1 aromatic carbocycles. The maximum absolute atomic E-state index is 13.1. The standard InChI is InChI=1S/C21H24FN5/c1-14(23-13-18-10-7-16-5-3-4-6-20(16)24-18)21-15(2)27(26-25-21)19-11-8-17(22)9-12-19/h7-12,14,23H,3-6,13H2,1-2H3. The minimum absolute atomic E-state index is 0.0389. The number of nitrogens with one attached hydrogen (secondary N) is 1. The van der Waals surface area contributed by atoms with E-state index < -0.39 is 0 Å². The van der Waals surface area contributed by atoms with Crippen molar-refractivity contribution in [1.29, 1.82) is 0 Å². The van der Waals surface area contributed by atoms with Gasteiger partial charge in [0.25, 0.3) is 0 Å². The molecule has 0 fully saturated rings. The van der Waals surface area contributed by atoms with Crippen LogP contribution in [-0.2, 0) is 19.4 Å². The number of pyridine rings is 1. The number of hydrogen-bond acceptors (Lipinski definition) is 4. The van der Waals surface area contributed by atoms with Crippen LogP contribution in [0.1, 0.15) is 54.1 Å². The van der Waals surface area contributed by atoms with E-state index in [1.165, 1.54) is 36.2 Å². The van der Waals surface area contributed by atoms with Gasteiger partial charge in [0.15, 0.2) is 0 Å². The highest BCUT2D eigenvalue weighted by Gasteiger charge is 2.17. The van der Waals surface area contributed by atoms with E-state index >= 15 is 0 Å². The van der Waals surface area contributed by atoms with Gasteiger partial charge in [0.2, 0.25) is 0 Å². The third-order valence-corrected chi connectivity index (χ3v) is 5.24. The second-order valence-corrected chi connectivity index (χ2v) is 7.17. The summed E-state index contributed by atoms with van der Waals surface area (Å²) in [6.07, 6.45) is 4.74. The van der Waals surface area contributed by atoms with Crippen LogP contribution >= 0.6 is 0 Å². The van der Waals surface area contributed by atoms with E-state index in [0.29, 0.717) is 6.54 Å².